The Morgan fingerprint density at radius 3 is 2.62 bits per heavy atom. The molecule has 2 aromatic rings. The lowest BCUT2D eigenvalue weighted by Crippen LogP contribution is -2.44. The molecule has 2 amide bonds. The smallest absolute Gasteiger partial charge is 0.229 e. The van der Waals surface area contributed by atoms with E-state index in [2.05, 4.69) is 5.32 Å². The number of anilines is 1. The van der Waals surface area contributed by atoms with E-state index in [0.717, 1.165) is 5.56 Å². The Morgan fingerprint density at radius 2 is 1.96 bits per heavy atom. The van der Waals surface area contributed by atoms with Crippen LogP contribution in [0.25, 0.3) is 0 Å². The summed E-state index contributed by atoms with van der Waals surface area (Å²) >= 11 is 6.14. The summed E-state index contributed by atoms with van der Waals surface area (Å²) in [5.74, 6) is 0.144. The number of carbonyl (C=O) groups excluding carboxylic acids is 2. The maximum absolute atomic E-state index is 12.9. The molecule has 136 valence electrons. The Balaban J connectivity index is 1.84. The lowest BCUT2D eigenvalue weighted by molar-refractivity contribution is -0.140. The van der Waals surface area contributed by atoms with Gasteiger partial charge in [-0.15, -0.1) is 0 Å². The van der Waals surface area contributed by atoms with Gasteiger partial charge in [0.15, 0.2) is 0 Å². The van der Waals surface area contributed by atoms with Gasteiger partial charge in [0, 0.05) is 19.2 Å². The quantitative estimate of drug-likeness (QED) is 0.885. The van der Waals surface area contributed by atoms with Crippen LogP contribution in [-0.2, 0) is 9.59 Å². The molecule has 5 nitrogen and oxygen atoms in total. The van der Waals surface area contributed by atoms with Gasteiger partial charge in [0.1, 0.15) is 5.75 Å². The van der Waals surface area contributed by atoms with Gasteiger partial charge >= 0.3 is 0 Å². The maximum Gasteiger partial charge on any atom is 0.229 e. The number of nitrogens with one attached hydrogen (secondary N) is 1. The minimum absolute atomic E-state index is 0.0513. The highest BCUT2D eigenvalue weighted by Crippen LogP contribution is 2.36. The first-order valence-corrected chi connectivity index (χ1v) is 8.84. The summed E-state index contributed by atoms with van der Waals surface area (Å²) in [5.41, 5.74) is 1.56. The molecule has 1 heterocycles. The molecular formula is C20H21ClN2O3. The summed E-state index contributed by atoms with van der Waals surface area (Å²) in [4.78, 5) is 26.8. The second-order valence-electron chi connectivity index (χ2n) is 6.34. The summed E-state index contributed by atoms with van der Waals surface area (Å²) in [5, 5.41) is 3.35. The second-order valence-corrected chi connectivity index (χ2v) is 6.75. The summed E-state index contributed by atoms with van der Waals surface area (Å²) in [6.07, 6.45) is 0.875. The number of benzene rings is 2. The van der Waals surface area contributed by atoms with Gasteiger partial charge < -0.3 is 15.0 Å². The molecule has 2 atom stereocenters. The molecule has 1 aliphatic rings. The number of amides is 2. The van der Waals surface area contributed by atoms with Crippen molar-refractivity contribution < 1.29 is 14.3 Å². The molecule has 0 bridgehead atoms. The number of ether oxygens (including phenoxy) is 1. The fourth-order valence-corrected chi connectivity index (χ4v) is 3.66. The van der Waals surface area contributed by atoms with Gasteiger partial charge in [0.2, 0.25) is 11.8 Å². The van der Waals surface area contributed by atoms with Crippen LogP contribution in [0.1, 0.15) is 24.4 Å². The van der Waals surface area contributed by atoms with Crippen LogP contribution in [-0.4, -0.2) is 30.9 Å². The predicted octanol–water partition coefficient (Wildman–Crippen LogP) is 3.90. The SMILES string of the molecule is COc1ccc(NC(=O)[C@H]2CCC(=O)N(C)[C@@H]2c2ccccc2)cc1Cl. The molecule has 3 rings (SSSR count). The number of methoxy groups -OCH3 is 1. The number of hydrogen-bond acceptors (Lipinski definition) is 3. The third-order valence-electron chi connectivity index (χ3n) is 4.76. The number of rotatable bonds is 4. The molecule has 1 aliphatic heterocycles. The topological polar surface area (TPSA) is 58.6 Å². The molecule has 1 saturated heterocycles. The second kappa shape index (κ2) is 7.79. The monoisotopic (exact) mass is 372 g/mol. The van der Waals surface area contributed by atoms with Crippen molar-refractivity contribution >= 4 is 29.1 Å². The van der Waals surface area contributed by atoms with Gasteiger partial charge in [0.25, 0.3) is 0 Å². The fraction of sp³-hybridized carbons (Fsp3) is 0.300. The number of carbonyl (C=O) groups is 2. The van der Waals surface area contributed by atoms with Gasteiger partial charge in [-0.1, -0.05) is 41.9 Å². The molecule has 2 aromatic carbocycles. The lowest BCUT2D eigenvalue weighted by Gasteiger charge is -2.38. The van der Waals surface area contributed by atoms with Gasteiger partial charge in [-0.3, -0.25) is 9.59 Å². The van der Waals surface area contributed by atoms with Crippen molar-refractivity contribution in [1.29, 1.82) is 0 Å². The molecule has 0 saturated carbocycles. The zero-order valence-corrected chi connectivity index (χ0v) is 15.5. The Hall–Kier alpha value is -2.53. The van der Waals surface area contributed by atoms with Crippen LogP contribution in [0.2, 0.25) is 5.02 Å². The standard InChI is InChI=1S/C20H21ClN2O3/c1-23-18(24)11-9-15(19(23)13-6-4-3-5-7-13)20(25)22-14-8-10-17(26-2)16(21)12-14/h3-8,10,12,15,19H,9,11H2,1-2H3,(H,22,25)/t15-,19+/m0/s1. The van der Waals surface area contributed by atoms with Gasteiger partial charge in [-0.2, -0.15) is 0 Å². The molecular weight excluding hydrogens is 352 g/mol. The number of nitrogens with zero attached hydrogens (tertiary/aromatic N) is 1. The Bertz CT molecular complexity index is 810. The molecule has 0 radical (unpaired) electrons. The number of piperidine rings is 1. The highest BCUT2D eigenvalue weighted by Gasteiger charge is 2.38. The van der Waals surface area contributed by atoms with E-state index in [0.29, 0.717) is 29.3 Å². The number of likely N-dealkylation sites (tertiary alicyclic amines) is 1. The molecule has 0 aromatic heterocycles. The van der Waals surface area contributed by atoms with Crippen LogP contribution < -0.4 is 10.1 Å². The molecule has 0 unspecified atom stereocenters. The minimum atomic E-state index is -0.332. The van der Waals surface area contributed by atoms with E-state index < -0.39 is 0 Å². The Morgan fingerprint density at radius 1 is 1.23 bits per heavy atom. The van der Waals surface area contributed by atoms with Gasteiger partial charge in [-0.05, 0) is 30.2 Å². The number of halogens is 1. The van der Waals surface area contributed by atoms with Crippen LogP contribution in [0.3, 0.4) is 0 Å². The average molecular weight is 373 g/mol. The Kier molecular flexibility index (Phi) is 5.47. The van der Waals surface area contributed by atoms with Crippen LogP contribution in [0.15, 0.2) is 48.5 Å². The third kappa shape index (κ3) is 3.68. The van der Waals surface area contributed by atoms with Crippen molar-refractivity contribution in [2.45, 2.75) is 18.9 Å². The summed E-state index contributed by atoms with van der Waals surface area (Å²) in [7, 11) is 3.29. The molecule has 0 spiro atoms. The van der Waals surface area contributed by atoms with E-state index in [1.807, 2.05) is 30.3 Å². The third-order valence-corrected chi connectivity index (χ3v) is 5.05. The van der Waals surface area contributed by atoms with E-state index in [4.69, 9.17) is 16.3 Å². The molecule has 0 aliphatic carbocycles. The lowest BCUT2D eigenvalue weighted by atomic mass is 9.84. The van der Waals surface area contributed by atoms with E-state index in [1.54, 1.807) is 37.3 Å². The number of hydrogen-bond donors (Lipinski definition) is 1. The summed E-state index contributed by atoms with van der Waals surface area (Å²) < 4.78 is 5.13. The zero-order valence-electron chi connectivity index (χ0n) is 14.7. The highest BCUT2D eigenvalue weighted by molar-refractivity contribution is 6.32. The fourth-order valence-electron chi connectivity index (χ4n) is 3.40. The van der Waals surface area contributed by atoms with Crippen LogP contribution in [0.5, 0.6) is 5.75 Å². The minimum Gasteiger partial charge on any atom is -0.495 e. The average Bonchev–Trinajstić information content (AvgIpc) is 2.64. The van der Waals surface area contributed by atoms with Crippen molar-refractivity contribution in [2.75, 3.05) is 19.5 Å². The van der Waals surface area contributed by atoms with E-state index in [-0.39, 0.29) is 23.8 Å². The van der Waals surface area contributed by atoms with Crippen LogP contribution >= 0.6 is 11.6 Å². The normalized spacial score (nSPS) is 20.0. The van der Waals surface area contributed by atoms with Gasteiger partial charge in [0.05, 0.1) is 24.1 Å². The van der Waals surface area contributed by atoms with Crippen molar-refractivity contribution in [1.82, 2.24) is 4.90 Å². The van der Waals surface area contributed by atoms with E-state index in [9.17, 15) is 9.59 Å². The van der Waals surface area contributed by atoms with E-state index in [1.165, 1.54) is 0 Å². The van der Waals surface area contributed by atoms with Crippen LogP contribution in [0.4, 0.5) is 5.69 Å². The first kappa shape index (κ1) is 18.3. The molecule has 1 N–H and O–H groups in total. The first-order chi connectivity index (χ1) is 12.5. The van der Waals surface area contributed by atoms with E-state index >= 15 is 0 Å². The summed E-state index contributed by atoms with van der Waals surface area (Å²) in [6.45, 7) is 0. The first-order valence-electron chi connectivity index (χ1n) is 8.46. The van der Waals surface area contributed by atoms with Gasteiger partial charge in [-0.25, -0.2) is 0 Å². The molecule has 1 fully saturated rings. The van der Waals surface area contributed by atoms with Crippen molar-refractivity contribution in [3.05, 3.63) is 59.1 Å². The van der Waals surface area contributed by atoms with Crippen LogP contribution in [0, 0.1) is 5.92 Å². The Labute approximate surface area is 157 Å². The zero-order chi connectivity index (χ0) is 18.7. The van der Waals surface area contributed by atoms with Crippen molar-refractivity contribution in [3.8, 4) is 5.75 Å². The summed E-state index contributed by atoms with van der Waals surface area (Å²) in [6, 6.07) is 14.5. The highest BCUT2D eigenvalue weighted by atomic mass is 35.5. The largest absolute Gasteiger partial charge is 0.495 e. The van der Waals surface area contributed by atoms with Crippen molar-refractivity contribution in [2.24, 2.45) is 5.92 Å². The van der Waals surface area contributed by atoms with Crippen molar-refractivity contribution in [3.63, 3.8) is 0 Å². The molecule has 26 heavy (non-hydrogen) atoms. The molecule has 6 heteroatoms. The maximum atomic E-state index is 12.9. The predicted molar refractivity (Wildman–Crippen MR) is 101 cm³/mol.